The van der Waals surface area contributed by atoms with Crippen molar-refractivity contribution in [1.29, 1.82) is 0 Å². The molecular weight excluding hydrogens is 386 g/mol. The van der Waals surface area contributed by atoms with Crippen LogP contribution in [0.3, 0.4) is 0 Å². The van der Waals surface area contributed by atoms with Gasteiger partial charge >= 0.3 is 0 Å². The van der Waals surface area contributed by atoms with Gasteiger partial charge < -0.3 is 4.74 Å². The number of amides is 1. The predicted octanol–water partition coefficient (Wildman–Crippen LogP) is 5.51. The van der Waals surface area contributed by atoms with Crippen LogP contribution in [0, 0.1) is 5.41 Å². The molecule has 4 nitrogen and oxygen atoms in total. The predicted molar refractivity (Wildman–Crippen MR) is 114 cm³/mol. The lowest BCUT2D eigenvalue weighted by Crippen LogP contribution is -2.43. The summed E-state index contributed by atoms with van der Waals surface area (Å²) >= 11 is 6.21. The van der Waals surface area contributed by atoms with Crippen molar-refractivity contribution >= 4 is 29.0 Å². The van der Waals surface area contributed by atoms with Crippen molar-refractivity contribution in [2.45, 2.75) is 39.0 Å². The molecule has 0 radical (unpaired) electrons. The summed E-state index contributed by atoms with van der Waals surface area (Å²) in [6.45, 7) is 4.15. The number of ketones is 1. The molecule has 1 amide bonds. The molecule has 150 valence electrons. The molecule has 2 aromatic carbocycles. The third kappa shape index (κ3) is 3.69. The zero-order chi connectivity index (χ0) is 20.8. The fourth-order valence-electron chi connectivity index (χ4n) is 4.47. The van der Waals surface area contributed by atoms with E-state index in [1.165, 1.54) is 0 Å². The number of Topliss-reactive ketones (excluding diaryl/α,β-unsaturated/α-hetero) is 1. The van der Waals surface area contributed by atoms with E-state index in [2.05, 4.69) is 13.8 Å². The van der Waals surface area contributed by atoms with E-state index in [0.717, 1.165) is 22.5 Å². The van der Waals surface area contributed by atoms with E-state index >= 15 is 0 Å². The third-order valence-electron chi connectivity index (χ3n) is 5.71. The van der Waals surface area contributed by atoms with E-state index in [0.29, 0.717) is 23.6 Å². The second kappa shape index (κ2) is 7.34. The number of rotatable bonds is 3. The molecule has 29 heavy (non-hydrogen) atoms. The van der Waals surface area contributed by atoms with Crippen LogP contribution >= 0.6 is 11.6 Å². The molecule has 5 heteroatoms. The summed E-state index contributed by atoms with van der Waals surface area (Å²) in [6.07, 6.45) is 1.37. The molecule has 1 unspecified atom stereocenters. The van der Waals surface area contributed by atoms with Gasteiger partial charge in [0, 0.05) is 41.1 Å². The Morgan fingerprint density at radius 1 is 1.07 bits per heavy atom. The van der Waals surface area contributed by atoms with Gasteiger partial charge in [0.15, 0.2) is 5.78 Å². The monoisotopic (exact) mass is 409 g/mol. The summed E-state index contributed by atoms with van der Waals surface area (Å²) in [5.41, 5.74) is 2.99. The van der Waals surface area contributed by atoms with Crippen molar-refractivity contribution in [1.82, 2.24) is 0 Å². The van der Waals surface area contributed by atoms with Gasteiger partial charge in [-0.15, -0.1) is 0 Å². The van der Waals surface area contributed by atoms with Crippen LogP contribution in [0.5, 0.6) is 5.75 Å². The molecule has 0 aromatic heterocycles. The van der Waals surface area contributed by atoms with Crippen molar-refractivity contribution in [2.75, 3.05) is 12.0 Å². The maximum absolute atomic E-state index is 13.3. The van der Waals surface area contributed by atoms with Crippen LogP contribution < -0.4 is 9.64 Å². The normalized spacial score (nSPS) is 21.2. The fourth-order valence-corrected chi connectivity index (χ4v) is 4.67. The first kappa shape index (κ1) is 19.7. The molecule has 1 atom stereocenters. The highest BCUT2D eigenvalue weighted by Crippen LogP contribution is 2.48. The van der Waals surface area contributed by atoms with Gasteiger partial charge in [-0.25, -0.2) is 0 Å². The average molecular weight is 410 g/mol. The number of halogens is 1. The Morgan fingerprint density at radius 2 is 1.83 bits per heavy atom. The minimum absolute atomic E-state index is 0.0209. The number of ether oxygens (including phenoxy) is 1. The highest BCUT2D eigenvalue weighted by atomic mass is 35.5. The van der Waals surface area contributed by atoms with E-state index in [-0.39, 0.29) is 29.4 Å². The first-order valence-electron chi connectivity index (χ1n) is 9.78. The summed E-state index contributed by atoms with van der Waals surface area (Å²) in [6, 6.07) is 14.9. The number of carbonyl (C=O) groups is 2. The minimum Gasteiger partial charge on any atom is -0.497 e. The van der Waals surface area contributed by atoms with Crippen LogP contribution in [0.1, 0.15) is 44.6 Å². The van der Waals surface area contributed by atoms with Gasteiger partial charge in [0.2, 0.25) is 5.91 Å². The highest BCUT2D eigenvalue weighted by Gasteiger charge is 2.44. The molecule has 1 aliphatic heterocycles. The van der Waals surface area contributed by atoms with Gasteiger partial charge in [-0.2, -0.15) is 0 Å². The fraction of sp³-hybridized carbons (Fsp3) is 0.333. The van der Waals surface area contributed by atoms with Gasteiger partial charge in [0.05, 0.1) is 12.8 Å². The lowest BCUT2D eigenvalue weighted by molar-refractivity contribution is -0.121. The molecule has 2 aliphatic rings. The van der Waals surface area contributed by atoms with Gasteiger partial charge in [-0.1, -0.05) is 43.6 Å². The molecule has 0 saturated heterocycles. The quantitative estimate of drug-likeness (QED) is 0.671. The molecule has 1 heterocycles. The van der Waals surface area contributed by atoms with E-state index in [9.17, 15) is 9.59 Å². The molecule has 2 aromatic rings. The Kier molecular flexibility index (Phi) is 4.99. The van der Waals surface area contributed by atoms with Gasteiger partial charge in [-0.05, 0) is 41.7 Å². The van der Waals surface area contributed by atoms with E-state index < -0.39 is 0 Å². The van der Waals surface area contributed by atoms with E-state index in [1.54, 1.807) is 18.1 Å². The zero-order valence-corrected chi connectivity index (χ0v) is 17.6. The van der Waals surface area contributed by atoms with Crippen LogP contribution in [0.4, 0.5) is 5.69 Å². The number of methoxy groups -OCH3 is 1. The Labute approximate surface area is 176 Å². The molecule has 1 aliphatic carbocycles. The molecule has 0 fully saturated rings. The largest absolute Gasteiger partial charge is 0.497 e. The van der Waals surface area contributed by atoms with E-state index in [4.69, 9.17) is 16.3 Å². The summed E-state index contributed by atoms with van der Waals surface area (Å²) in [5, 5.41) is 0.607. The van der Waals surface area contributed by atoms with Crippen molar-refractivity contribution in [3.8, 4) is 5.75 Å². The molecule has 0 spiro atoms. The molecule has 0 saturated carbocycles. The maximum Gasteiger partial charge on any atom is 0.232 e. The number of benzene rings is 2. The topological polar surface area (TPSA) is 46.6 Å². The number of anilines is 1. The second-order valence-electron chi connectivity index (χ2n) is 8.54. The Balaban J connectivity index is 1.90. The van der Waals surface area contributed by atoms with Gasteiger partial charge in [-0.3, -0.25) is 14.5 Å². The minimum atomic E-state index is -0.262. The first-order chi connectivity index (χ1) is 13.8. The SMILES string of the molecule is COc1cccc(N2C(=O)CC(c3cccc(Cl)c3)C3=C2CC(C)(C)CC3=O)c1. The summed E-state index contributed by atoms with van der Waals surface area (Å²) < 4.78 is 5.35. The van der Waals surface area contributed by atoms with Crippen molar-refractivity contribution in [3.63, 3.8) is 0 Å². The van der Waals surface area contributed by atoms with Crippen molar-refractivity contribution in [3.05, 3.63) is 70.4 Å². The Hall–Kier alpha value is -2.59. The number of hydrogen-bond donors (Lipinski definition) is 0. The maximum atomic E-state index is 13.3. The van der Waals surface area contributed by atoms with Gasteiger partial charge in [0.1, 0.15) is 5.75 Å². The lowest BCUT2D eigenvalue weighted by Gasteiger charge is -2.43. The van der Waals surface area contributed by atoms with Crippen molar-refractivity contribution in [2.24, 2.45) is 5.41 Å². The standard InChI is InChI=1S/C24H24ClNO3/c1-24(2)13-20-23(21(27)14-24)19(15-6-4-7-16(25)10-15)12-22(28)26(20)17-8-5-9-18(11-17)29-3/h4-11,19H,12-14H2,1-3H3. The lowest BCUT2D eigenvalue weighted by atomic mass is 9.69. The Morgan fingerprint density at radius 3 is 2.55 bits per heavy atom. The van der Waals surface area contributed by atoms with Crippen LogP contribution in [-0.4, -0.2) is 18.8 Å². The summed E-state index contributed by atoms with van der Waals surface area (Å²) in [7, 11) is 1.60. The van der Waals surface area contributed by atoms with Gasteiger partial charge in [0.25, 0.3) is 0 Å². The van der Waals surface area contributed by atoms with Crippen molar-refractivity contribution < 1.29 is 14.3 Å². The number of allylic oxidation sites excluding steroid dienone is 2. The highest BCUT2D eigenvalue weighted by molar-refractivity contribution is 6.30. The summed E-state index contributed by atoms with van der Waals surface area (Å²) in [5.74, 6) is 0.506. The average Bonchev–Trinajstić information content (AvgIpc) is 2.66. The molecule has 0 bridgehead atoms. The number of nitrogens with zero attached hydrogens (tertiary/aromatic N) is 1. The third-order valence-corrected chi connectivity index (χ3v) is 5.94. The first-order valence-corrected chi connectivity index (χ1v) is 10.2. The van der Waals surface area contributed by atoms with E-state index in [1.807, 2.05) is 42.5 Å². The molecule has 4 rings (SSSR count). The number of hydrogen-bond acceptors (Lipinski definition) is 3. The zero-order valence-electron chi connectivity index (χ0n) is 16.9. The smallest absolute Gasteiger partial charge is 0.232 e. The van der Waals surface area contributed by atoms with Crippen LogP contribution in [0.15, 0.2) is 59.8 Å². The molecular formula is C24H24ClNO3. The second-order valence-corrected chi connectivity index (χ2v) is 8.98. The van der Waals surface area contributed by atoms with Crippen LogP contribution in [0.25, 0.3) is 0 Å². The molecule has 0 N–H and O–H groups in total. The van der Waals surface area contributed by atoms with Crippen LogP contribution in [0.2, 0.25) is 5.02 Å². The van der Waals surface area contributed by atoms with Crippen LogP contribution in [-0.2, 0) is 9.59 Å². The number of carbonyl (C=O) groups excluding carboxylic acids is 2. The summed E-state index contributed by atoms with van der Waals surface area (Å²) in [4.78, 5) is 28.3. The Bertz CT molecular complexity index is 1020.